The first-order valence-corrected chi connectivity index (χ1v) is 5.30. The quantitative estimate of drug-likeness (QED) is 0.775. The van der Waals surface area contributed by atoms with Crippen molar-refractivity contribution in [3.63, 3.8) is 0 Å². The summed E-state index contributed by atoms with van der Waals surface area (Å²) < 4.78 is 5.47. The van der Waals surface area contributed by atoms with Gasteiger partial charge in [-0.1, -0.05) is 6.07 Å². The number of nitrogens with one attached hydrogen (secondary N) is 1. The van der Waals surface area contributed by atoms with E-state index in [-0.39, 0.29) is 0 Å². The van der Waals surface area contributed by atoms with E-state index in [1.54, 1.807) is 0 Å². The zero-order valence-corrected chi connectivity index (χ0v) is 9.58. The molecule has 0 spiro atoms. The fourth-order valence-corrected chi connectivity index (χ4v) is 1.52. The number of nitrogen functional groups attached to an aromatic ring is 1. The summed E-state index contributed by atoms with van der Waals surface area (Å²) >= 11 is 0. The van der Waals surface area contributed by atoms with Crippen LogP contribution in [0.3, 0.4) is 0 Å². The van der Waals surface area contributed by atoms with Crippen molar-refractivity contribution >= 4 is 11.4 Å². The average molecular weight is 216 g/mol. The second-order valence-electron chi connectivity index (χ2n) is 3.94. The Morgan fingerprint density at radius 3 is 2.62 bits per heavy atom. The number of furan rings is 1. The molecule has 0 bridgehead atoms. The van der Waals surface area contributed by atoms with Crippen molar-refractivity contribution in [1.29, 1.82) is 0 Å². The smallest absolute Gasteiger partial charge is 0.123 e. The second kappa shape index (κ2) is 4.31. The third-order valence-corrected chi connectivity index (χ3v) is 2.54. The van der Waals surface area contributed by atoms with E-state index in [2.05, 4.69) is 5.32 Å². The van der Waals surface area contributed by atoms with Crippen molar-refractivity contribution in [3.8, 4) is 0 Å². The van der Waals surface area contributed by atoms with Gasteiger partial charge in [0.15, 0.2) is 0 Å². The largest absolute Gasteiger partial charge is 0.465 e. The molecule has 2 rings (SSSR count). The molecule has 1 aromatic carbocycles. The summed E-state index contributed by atoms with van der Waals surface area (Å²) in [6.07, 6.45) is 0. The van der Waals surface area contributed by atoms with Gasteiger partial charge in [-0.15, -0.1) is 0 Å². The Morgan fingerprint density at radius 1 is 1.19 bits per heavy atom. The van der Waals surface area contributed by atoms with Gasteiger partial charge in [-0.3, -0.25) is 0 Å². The molecule has 0 radical (unpaired) electrons. The van der Waals surface area contributed by atoms with Crippen LogP contribution in [0, 0.1) is 13.8 Å². The molecule has 0 fully saturated rings. The van der Waals surface area contributed by atoms with Crippen LogP contribution in [-0.2, 0) is 6.54 Å². The third kappa shape index (κ3) is 2.37. The molecule has 0 aliphatic rings. The van der Waals surface area contributed by atoms with Crippen molar-refractivity contribution in [1.82, 2.24) is 0 Å². The van der Waals surface area contributed by atoms with E-state index in [1.807, 2.05) is 44.2 Å². The summed E-state index contributed by atoms with van der Waals surface area (Å²) in [6, 6.07) is 9.89. The third-order valence-electron chi connectivity index (χ3n) is 2.54. The van der Waals surface area contributed by atoms with E-state index in [4.69, 9.17) is 10.2 Å². The Hall–Kier alpha value is -1.90. The lowest BCUT2D eigenvalue weighted by molar-refractivity contribution is 0.490. The van der Waals surface area contributed by atoms with Crippen LogP contribution < -0.4 is 11.1 Å². The molecule has 1 aromatic heterocycles. The number of rotatable bonds is 3. The van der Waals surface area contributed by atoms with Gasteiger partial charge in [0, 0.05) is 11.4 Å². The molecule has 3 N–H and O–H groups in total. The van der Waals surface area contributed by atoms with Crippen molar-refractivity contribution in [2.24, 2.45) is 0 Å². The van der Waals surface area contributed by atoms with Crippen molar-refractivity contribution < 1.29 is 4.42 Å². The van der Waals surface area contributed by atoms with Gasteiger partial charge in [-0.25, -0.2) is 0 Å². The molecule has 16 heavy (non-hydrogen) atoms. The molecule has 0 unspecified atom stereocenters. The van der Waals surface area contributed by atoms with Gasteiger partial charge in [0.25, 0.3) is 0 Å². The van der Waals surface area contributed by atoms with Crippen molar-refractivity contribution in [2.45, 2.75) is 20.4 Å². The summed E-state index contributed by atoms with van der Waals surface area (Å²) in [4.78, 5) is 0. The van der Waals surface area contributed by atoms with Crippen LogP contribution in [0.4, 0.5) is 11.4 Å². The van der Waals surface area contributed by atoms with Crippen LogP contribution in [-0.4, -0.2) is 0 Å². The number of hydrogen-bond donors (Lipinski definition) is 2. The normalized spacial score (nSPS) is 10.4. The average Bonchev–Trinajstić information content (AvgIpc) is 2.66. The van der Waals surface area contributed by atoms with Gasteiger partial charge in [-0.2, -0.15) is 0 Å². The number of nitrogens with two attached hydrogens (primary N) is 1. The second-order valence-corrected chi connectivity index (χ2v) is 3.94. The molecule has 2 aromatic rings. The van der Waals surface area contributed by atoms with Crippen molar-refractivity contribution in [2.75, 3.05) is 11.1 Å². The van der Waals surface area contributed by atoms with E-state index in [9.17, 15) is 0 Å². The van der Waals surface area contributed by atoms with E-state index in [0.29, 0.717) is 6.54 Å². The van der Waals surface area contributed by atoms with Gasteiger partial charge in [-0.05, 0) is 43.7 Å². The lowest BCUT2D eigenvalue weighted by atomic mass is 10.2. The highest BCUT2D eigenvalue weighted by atomic mass is 16.3. The summed E-state index contributed by atoms with van der Waals surface area (Å²) in [5.41, 5.74) is 8.74. The van der Waals surface area contributed by atoms with Crippen LogP contribution in [0.25, 0.3) is 0 Å². The zero-order chi connectivity index (χ0) is 11.5. The highest BCUT2D eigenvalue weighted by molar-refractivity contribution is 5.58. The minimum absolute atomic E-state index is 0.677. The predicted molar refractivity (Wildman–Crippen MR) is 66.4 cm³/mol. The molecule has 1 heterocycles. The first-order chi connectivity index (χ1) is 7.65. The summed E-state index contributed by atoms with van der Waals surface area (Å²) in [6.45, 7) is 4.61. The SMILES string of the molecule is Cc1ccc(CNc2ccc(C)c(N)c2)o1. The first-order valence-electron chi connectivity index (χ1n) is 5.30. The molecule has 0 aliphatic carbocycles. The van der Waals surface area contributed by atoms with Gasteiger partial charge < -0.3 is 15.5 Å². The molecule has 3 heteroatoms. The highest BCUT2D eigenvalue weighted by Crippen LogP contribution is 2.18. The van der Waals surface area contributed by atoms with Crippen molar-refractivity contribution in [3.05, 3.63) is 47.4 Å². The maximum absolute atomic E-state index is 5.83. The standard InChI is InChI=1S/C13H16N2O/c1-9-3-5-11(7-13(9)14)15-8-12-6-4-10(2)16-12/h3-7,15H,8,14H2,1-2H3. The molecule has 0 aliphatic heterocycles. The summed E-state index contributed by atoms with van der Waals surface area (Å²) in [5.74, 6) is 1.86. The fourth-order valence-electron chi connectivity index (χ4n) is 1.52. The Balaban J connectivity index is 2.02. The van der Waals surface area contributed by atoms with Crippen LogP contribution in [0.5, 0.6) is 0 Å². The molecule has 3 nitrogen and oxygen atoms in total. The number of benzene rings is 1. The first kappa shape index (κ1) is 10.6. The van der Waals surface area contributed by atoms with Crippen LogP contribution in [0.1, 0.15) is 17.1 Å². The summed E-state index contributed by atoms with van der Waals surface area (Å²) in [7, 11) is 0. The van der Waals surface area contributed by atoms with E-state index >= 15 is 0 Å². The lowest BCUT2D eigenvalue weighted by Crippen LogP contribution is -1.99. The Kier molecular flexibility index (Phi) is 2.86. The van der Waals surface area contributed by atoms with E-state index in [0.717, 1.165) is 28.5 Å². The molecule has 84 valence electrons. The molecular formula is C13H16N2O. The Bertz CT molecular complexity index is 488. The maximum Gasteiger partial charge on any atom is 0.123 e. The fraction of sp³-hybridized carbons (Fsp3) is 0.231. The van der Waals surface area contributed by atoms with Gasteiger partial charge in [0.05, 0.1) is 6.54 Å². The van der Waals surface area contributed by atoms with Gasteiger partial charge >= 0.3 is 0 Å². The number of anilines is 2. The van der Waals surface area contributed by atoms with Crippen LogP contribution >= 0.6 is 0 Å². The maximum atomic E-state index is 5.83. The van der Waals surface area contributed by atoms with Gasteiger partial charge in [0.1, 0.15) is 11.5 Å². The van der Waals surface area contributed by atoms with E-state index < -0.39 is 0 Å². The molecule has 0 amide bonds. The summed E-state index contributed by atoms with van der Waals surface area (Å²) in [5, 5.41) is 3.27. The van der Waals surface area contributed by atoms with Crippen LogP contribution in [0.15, 0.2) is 34.7 Å². The van der Waals surface area contributed by atoms with E-state index in [1.165, 1.54) is 0 Å². The monoisotopic (exact) mass is 216 g/mol. The lowest BCUT2D eigenvalue weighted by Gasteiger charge is -2.07. The Labute approximate surface area is 95.3 Å². The molecule has 0 atom stereocenters. The Morgan fingerprint density at radius 2 is 2.00 bits per heavy atom. The minimum atomic E-state index is 0.677. The van der Waals surface area contributed by atoms with Gasteiger partial charge in [0.2, 0.25) is 0 Å². The molecular weight excluding hydrogens is 200 g/mol. The number of hydrogen-bond acceptors (Lipinski definition) is 3. The minimum Gasteiger partial charge on any atom is -0.465 e. The number of aryl methyl sites for hydroxylation is 2. The topological polar surface area (TPSA) is 51.2 Å². The highest BCUT2D eigenvalue weighted by Gasteiger charge is 1.99. The predicted octanol–water partition coefficient (Wildman–Crippen LogP) is 3.09. The molecule has 0 saturated heterocycles. The molecule has 0 saturated carbocycles. The van der Waals surface area contributed by atoms with Crippen LogP contribution in [0.2, 0.25) is 0 Å². The zero-order valence-electron chi connectivity index (χ0n) is 9.58.